The molecule has 1 saturated carbocycles. The predicted molar refractivity (Wildman–Crippen MR) is 108 cm³/mol. The first kappa shape index (κ1) is 21.2. The number of rotatable bonds is 3. The highest BCUT2D eigenvalue weighted by atomic mass is 35.5. The molecule has 2 aromatic carbocycles. The van der Waals surface area contributed by atoms with Gasteiger partial charge in [0.25, 0.3) is 0 Å². The largest absolute Gasteiger partial charge is 0.490 e. The van der Waals surface area contributed by atoms with E-state index in [-0.39, 0.29) is 35.0 Å². The Kier molecular flexibility index (Phi) is 5.18. The van der Waals surface area contributed by atoms with Gasteiger partial charge in [-0.2, -0.15) is 0 Å². The number of ketones is 1. The van der Waals surface area contributed by atoms with Gasteiger partial charge in [0.15, 0.2) is 21.4 Å². The maximum absolute atomic E-state index is 15.1. The van der Waals surface area contributed by atoms with Gasteiger partial charge in [-0.3, -0.25) is 4.79 Å². The Labute approximate surface area is 179 Å². The predicted octanol–water partition coefficient (Wildman–Crippen LogP) is 4.58. The quantitative estimate of drug-likeness (QED) is 0.681. The van der Waals surface area contributed by atoms with Crippen molar-refractivity contribution in [3.63, 3.8) is 0 Å². The van der Waals surface area contributed by atoms with Crippen LogP contribution in [0.3, 0.4) is 0 Å². The maximum Gasteiger partial charge on any atom is 0.179 e. The van der Waals surface area contributed by atoms with E-state index in [1.54, 1.807) is 13.8 Å². The standard InChI is InChI=1S/C22H21ClF2O4S/c1-12-9-22(11-30(27,28)15-5-3-14(23)4-6-15)16(13(2)20(12)26)10-29-21-18(25)8-7-17(24)19(21)22/h3-8,12-13,16H,9-11H2,1-2H3/t12-,13?,16+,22?/m1/s1. The van der Waals surface area contributed by atoms with Gasteiger partial charge in [0.2, 0.25) is 0 Å². The number of halogens is 3. The third-order valence-electron chi connectivity index (χ3n) is 6.50. The minimum atomic E-state index is -3.91. The molecule has 2 aliphatic rings. The molecule has 1 aliphatic carbocycles. The number of Topliss-reactive ketones (excluding diaryl/α,β-unsaturated/α-hetero) is 1. The lowest BCUT2D eigenvalue weighted by atomic mass is 9.56. The molecule has 0 aromatic heterocycles. The Hall–Kier alpha value is -1.99. The van der Waals surface area contributed by atoms with Crippen LogP contribution in [0.15, 0.2) is 41.3 Å². The van der Waals surface area contributed by atoms with Gasteiger partial charge in [0, 0.05) is 33.8 Å². The van der Waals surface area contributed by atoms with E-state index in [9.17, 15) is 17.6 Å². The number of benzene rings is 2. The first-order valence-corrected chi connectivity index (χ1v) is 11.7. The lowest BCUT2D eigenvalue weighted by molar-refractivity contribution is -0.135. The minimum absolute atomic E-state index is 0.0247. The Morgan fingerprint density at radius 1 is 1.10 bits per heavy atom. The number of sulfone groups is 1. The minimum Gasteiger partial charge on any atom is -0.490 e. The van der Waals surface area contributed by atoms with Crippen LogP contribution in [0.1, 0.15) is 25.8 Å². The second-order valence-corrected chi connectivity index (χ2v) is 10.7. The smallest absolute Gasteiger partial charge is 0.179 e. The Balaban J connectivity index is 1.93. The van der Waals surface area contributed by atoms with Crippen molar-refractivity contribution in [1.29, 1.82) is 0 Å². The van der Waals surface area contributed by atoms with E-state index >= 15 is 4.39 Å². The Bertz CT molecular complexity index is 1120. The van der Waals surface area contributed by atoms with Crippen LogP contribution in [0.5, 0.6) is 5.75 Å². The summed E-state index contributed by atoms with van der Waals surface area (Å²) in [5.74, 6) is -3.84. The van der Waals surface area contributed by atoms with Crippen LogP contribution >= 0.6 is 11.6 Å². The lowest BCUT2D eigenvalue weighted by Crippen LogP contribution is -2.57. The molecule has 0 radical (unpaired) electrons. The van der Waals surface area contributed by atoms with E-state index in [2.05, 4.69) is 0 Å². The molecule has 30 heavy (non-hydrogen) atoms. The zero-order chi connectivity index (χ0) is 21.8. The fraction of sp³-hybridized carbons (Fsp3) is 0.409. The van der Waals surface area contributed by atoms with Gasteiger partial charge in [-0.25, -0.2) is 17.2 Å². The van der Waals surface area contributed by atoms with Crippen molar-refractivity contribution in [2.45, 2.75) is 30.6 Å². The maximum atomic E-state index is 15.1. The van der Waals surface area contributed by atoms with Crippen LogP contribution < -0.4 is 4.74 Å². The molecular weight excluding hydrogens is 434 g/mol. The van der Waals surface area contributed by atoms with Crippen LogP contribution in [-0.2, 0) is 20.0 Å². The number of carbonyl (C=O) groups excluding carboxylic acids is 1. The summed E-state index contributed by atoms with van der Waals surface area (Å²) in [5, 5.41) is 0.389. The zero-order valence-corrected chi connectivity index (χ0v) is 18.1. The van der Waals surface area contributed by atoms with E-state index < -0.39 is 50.4 Å². The molecule has 4 rings (SSSR count). The molecule has 1 fully saturated rings. The van der Waals surface area contributed by atoms with Crippen molar-refractivity contribution in [3.05, 3.63) is 58.6 Å². The summed E-state index contributed by atoms with van der Waals surface area (Å²) >= 11 is 5.88. The summed E-state index contributed by atoms with van der Waals surface area (Å²) < 4.78 is 61.9. The van der Waals surface area contributed by atoms with E-state index in [0.717, 1.165) is 12.1 Å². The van der Waals surface area contributed by atoms with Gasteiger partial charge in [0.1, 0.15) is 11.6 Å². The molecule has 0 N–H and O–H groups in total. The van der Waals surface area contributed by atoms with E-state index in [0.29, 0.717) is 5.02 Å². The highest BCUT2D eigenvalue weighted by Crippen LogP contribution is 2.55. The highest BCUT2D eigenvalue weighted by molar-refractivity contribution is 7.91. The van der Waals surface area contributed by atoms with Crippen LogP contribution in [0.25, 0.3) is 0 Å². The third-order valence-corrected chi connectivity index (χ3v) is 8.64. The summed E-state index contributed by atoms with van der Waals surface area (Å²) in [7, 11) is -3.91. The fourth-order valence-corrected chi connectivity index (χ4v) is 7.13. The first-order chi connectivity index (χ1) is 14.1. The second-order valence-electron chi connectivity index (χ2n) is 8.32. The average molecular weight is 455 g/mol. The van der Waals surface area contributed by atoms with Crippen molar-refractivity contribution >= 4 is 27.2 Å². The molecule has 0 amide bonds. The summed E-state index contributed by atoms with van der Waals surface area (Å²) in [4.78, 5) is 12.7. The Morgan fingerprint density at radius 3 is 2.40 bits per heavy atom. The molecule has 4 atom stereocenters. The number of ether oxygens (including phenoxy) is 1. The average Bonchev–Trinajstić information content (AvgIpc) is 2.68. The summed E-state index contributed by atoms with van der Waals surface area (Å²) in [5.41, 5.74) is -1.37. The molecule has 4 nitrogen and oxygen atoms in total. The van der Waals surface area contributed by atoms with Gasteiger partial charge in [0.05, 0.1) is 17.3 Å². The molecule has 160 valence electrons. The molecule has 1 heterocycles. The van der Waals surface area contributed by atoms with Crippen LogP contribution in [-0.4, -0.2) is 26.6 Å². The fourth-order valence-electron chi connectivity index (χ4n) is 5.13. The number of hydrogen-bond donors (Lipinski definition) is 0. The third kappa shape index (κ3) is 3.23. The molecule has 0 saturated heterocycles. The number of carbonyl (C=O) groups is 1. The van der Waals surface area contributed by atoms with Crippen LogP contribution in [0, 0.1) is 29.4 Å². The summed E-state index contributed by atoms with van der Waals surface area (Å²) in [6.45, 7) is 3.36. The van der Waals surface area contributed by atoms with Gasteiger partial charge in [-0.1, -0.05) is 25.4 Å². The van der Waals surface area contributed by atoms with Crippen LogP contribution in [0.2, 0.25) is 5.02 Å². The van der Waals surface area contributed by atoms with Gasteiger partial charge in [-0.05, 0) is 42.8 Å². The monoisotopic (exact) mass is 454 g/mol. The van der Waals surface area contributed by atoms with E-state index in [4.69, 9.17) is 16.3 Å². The molecule has 2 unspecified atom stereocenters. The molecular formula is C22H21ClF2O4S. The van der Waals surface area contributed by atoms with Gasteiger partial charge < -0.3 is 4.74 Å². The summed E-state index contributed by atoms with van der Waals surface area (Å²) in [6, 6.07) is 7.69. The van der Waals surface area contributed by atoms with Crippen molar-refractivity contribution < 1.29 is 26.7 Å². The van der Waals surface area contributed by atoms with Crippen LogP contribution in [0.4, 0.5) is 8.78 Å². The normalized spacial score (nSPS) is 28.4. The molecule has 0 bridgehead atoms. The molecule has 2 aromatic rings. The number of hydrogen-bond acceptors (Lipinski definition) is 4. The number of fused-ring (bicyclic) bond motifs is 3. The first-order valence-electron chi connectivity index (χ1n) is 9.70. The Morgan fingerprint density at radius 2 is 1.73 bits per heavy atom. The molecule has 8 heteroatoms. The van der Waals surface area contributed by atoms with E-state index in [1.165, 1.54) is 24.3 Å². The van der Waals surface area contributed by atoms with Crippen molar-refractivity contribution in [2.24, 2.45) is 17.8 Å². The van der Waals surface area contributed by atoms with Crippen molar-refractivity contribution in [1.82, 2.24) is 0 Å². The lowest BCUT2D eigenvalue weighted by Gasteiger charge is -2.51. The van der Waals surface area contributed by atoms with Crippen molar-refractivity contribution in [3.8, 4) is 5.75 Å². The zero-order valence-electron chi connectivity index (χ0n) is 16.5. The summed E-state index contributed by atoms with van der Waals surface area (Å²) in [6.07, 6.45) is 0.102. The van der Waals surface area contributed by atoms with Gasteiger partial charge in [-0.15, -0.1) is 0 Å². The highest BCUT2D eigenvalue weighted by Gasteiger charge is 2.57. The molecule has 1 aliphatic heterocycles. The van der Waals surface area contributed by atoms with E-state index in [1.807, 2.05) is 0 Å². The topological polar surface area (TPSA) is 60.4 Å². The second kappa shape index (κ2) is 7.31. The molecule has 0 spiro atoms. The van der Waals surface area contributed by atoms with Crippen molar-refractivity contribution in [2.75, 3.05) is 12.4 Å². The SMILES string of the molecule is CC1C(=O)[C@H](C)CC2(CS(=O)(=O)c3ccc(Cl)cc3)c3c(F)ccc(F)c3OC[C@@H]12. The van der Waals surface area contributed by atoms with Gasteiger partial charge >= 0.3 is 0 Å².